The number of amides is 1. The number of benzene rings is 2. The van der Waals surface area contributed by atoms with Gasteiger partial charge in [0, 0.05) is 43.9 Å². The monoisotopic (exact) mass is 531 g/mol. The van der Waals surface area contributed by atoms with Crippen LogP contribution < -0.4 is 5.32 Å². The highest BCUT2D eigenvalue weighted by atomic mass is 19.4. The van der Waals surface area contributed by atoms with Gasteiger partial charge < -0.3 is 10.2 Å². The van der Waals surface area contributed by atoms with E-state index in [0.29, 0.717) is 29.9 Å². The van der Waals surface area contributed by atoms with Gasteiger partial charge in [0.25, 0.3) is 5.91 Å². The number of nitrogens with one attached hydrogen (secondary N) is 2. The second-order valence-corrected chi connectivity index (χ2v) is 9.92. The Hall–Kier alpha value is -3.76. The number of nitrogens with zero attached hydrogens (tertiary/aromatic N) is 3. The summed E-state index contributed by atoms with van der Waals surface area (Å²) in [6, 6.07) is 7.50. The molecule has 200 valence electrons. The molecule has 1 saturated carbocycles. The molecule has 1 aliphatic heterocycles. The fourth-order valence-corrected chi connectivity index (χ4v) is 4.94. The van der Waals surface area contributed by atoms with Crippen LogP contribution in [0, 0.1) is 23.0 Å². The van der Waals surface area contributed by atoms with Gasteiger partial charge in [0.2, 0.25) is 0 Å². The number of likely N-dealkylation sites (tertiary alicyclic amines) is 1. The molecular weight excluding hydrogens is 505 g/mol. The number of halogens is 5. The molecule has 0 bridgehead atoms. The van der Waals surface area contributed by atoms with Crippen molar-refractivity contribution in [3.8, 4) is 11.1 Å². The first-order chi connectivity index (χ1) is 18.0. The molecule has 1 atom stereocenters. The minimum absolute atomic E-state index is 0.0479. The Labute approximate surface area is 216 Å². The van der Waals surface area contributed by atoms with E-state index in [4.69, 9.17) is 5.41 Å². The van der Waals surface area contributed by atoms with Crippen molar-refractivity contribution in [2.75, 3.05) is 6.54 Å². The first-order valence-corrected chi connectivity index (χ1v) is 12.3. The number of carbonyl (C=O) groups excluding carboxylic acids is 1. The van der Waals surface area contributed by atoms with Crippen LogP contribution in [0.1, 0.15) is 58.9 Å². The van der Waals surface area contributed by atoms with Crippen molar-refractivity contribution in [2.24, 2.45) is 13.0 Å². The Bertz CT molecular complexity index is 1390. The van der Waals surface area contributed by atoms with E-state index in [2.05, 4.69) is 10.4 Å². The summed E-state index contributed by atoms with van der Waals surface area (Å²) in [6.45, 7) is 0.912. The van der Waals surface area contributed by atoms with Gasteiger partial charge in [0.05, 0.1) is 11.9 Å². The predicted molar refractivity (Wildman–Crippen MR) is 130 cm³/mol. The molecule has 2 heterocycles. The topological polar surface area (TPSA) is 74.0 Å². The highest BCUT2D eigenvalue weighted by Crippen LogP contribution is 2.42. The van der Waals surface area contributed by atoms with E-state index in [-0.39, 0.29) is 29.2 Å². The van der Waals surface area contributed by atoms with Gasteiger partial charge in [-0.05, 0) is 72.2 Å². The van der Waals surface area contributed by atoms with E-state index in [1.807, 2.05) is 4.90 Å². The van der Waals surface area contributed by atoms with Gasteiger partial charge in [0.15, 0.2) is 17.3 Å². The molecule has 2 aromatic carbocycles. The summed E-state index contributed by atoms with van der Waals surface area (Å²) in [5, 5.41) is 14.6. The van der Waals surface area contributed by atoms with Crippen molar-refractivity contribution in [3.63, 3.8) is 0 Å². The molecule has 1 aliphatic carbocycles. The van der Waals surface area contributed by atoms with Crippen molar-refractivity contribution in [1.82, 2.24) is 20.0 Å². The van der Waals surface area contributed by atoms with Crippen molar-refractivity contribution in [1.29, 1.82) is 5.41 Å². The number of aryl methyl sites for hydroxylation is 1. The lowest BCUT2D eigenvalue weighted by Gasteiger charge is -2.21. The van der Waals surface area contributed by atoms with Gasteiger partial charge in [-0.25, -0.2) is 8.78 Å². The van der Waals surface area contributed by atoms with E-state index in [0.717, 1.165) is 36.1 Å². The lowest BCUT2D eigenvalue weighted by molar-refractivity contribution is -0.140. The van der Waals surface area contributed by atoms with Gasteiger partial charge >= 0.3 is 6.18 Å². The molecule has 2 aliphatic rings. The summed E-state index contributed by atoms with van der Waals surface area (Å²) in [7, 11) is 1.39. The fourth-order valence-electron chi connectivity index (χ4n) is 4.94. The standard InChI is InChI=1S/C27H26F5N5O/c1-36-14-20(25(35-36)27(30,31)32)18-9-15(13-37-8-2-3-23(37)33)10-19(11-18)26(38)34-24(16-4-5-16)17-6-7-21(28)22(29)12-17/h6-7,9-12,14,16,24,33H,2-5,8,13H2,1H3,(H,34,38)/t24-/m0/s1. The number of alkyl halides is 3. The van der Waals surface area contributed by atoms with Crippen LogP contribution in [0.25, 0.3) is 11.1 Å². The van der Waals surface area contributed by atoms with Crippen LogP contribution in [0.5, 0.6) is 0 Å². The van der Waals surface area contributed by atoms with E-state index < -0.39 is 35.5 Å². The molecule has 0 unspecified atom stereocenters. The Morgan fingerprint density at radius 1 is 1.16 bits per heavy atom. The number of hydrogen-bond donors (Lipinski definition) is 2. The number of carbonyl (C=O) groups is 1. The van der Waals surface area contributed by atoms with Gasteiger partial charge in [0.1, 0.15) is 0 Å². The highest BCUT2D eigenvalue weighted by Gasteiger charge is 2.38. The zero-order chi connectivity index (χ0) is 27.2. The Kier molecular flexibility index (Phi) is 6.70. The minimum Gasteiger partial charge on any atom is -0.356 e. The molecule has 2 fully saturated rings. The molecule has 1 amide bonds. The summed E-state index contributed by atoms with van der Waals surface area (Å²) in [5.74, 6) is -2.06. The molecule has 11 heteroatoms. The molecule has 6 nitrogen and oxygen atoms in total. The molecule has 1 saturated heterocycles. The van der Waals surface area contributed by atoms with E-state index in [9.17, 15) is 26.7 Å². The van der Waals surface area contributed by atoms with Crippen molar-refractivity contribution in [2.45, 2.75) is 44.4 Å². The fraction of sp³-hybridized carbons (Fsp3) is 0.370. The van der Waals surface area contributed by atoms with Crippen LogP contribution in [0.15, 0.2) is 42.6 Å². The van der Waals surface area contributed by atoms with E-state index in [1.54, 1.807) is 12.1 Å². The second kappa shape index (κ2) is 9.85. The number of rotatable bonds is 7. The molecule has 5 rings (SSSR count). The van der Waals surface area contributed by atoms with Gasteiger partial charge in [-0.2, -0.15) is 18.3 Å². The maximum atomic E-state index is 13.9. The van der Waals surface area contributed by atoms with Gasteiger partial charge in [-0.15, -0.1) is 0 Å². The van der Waals surface area contributed by atoms with Crippen LogP contribution in [0.3, 0.4) is 0 Å². The number of aromatic nitrogens is 2. The van der Waals surface area contributed by atoms with E-state index >= 15 is 0 Å². The third-order valence-corrected chi connectivity index (χ3v) is 6.94. The van der Waals surface area contributed by atoms with Crippen molar-refractivity contribution in [3.05, 3.63) is 76.6 Å². The molecule has 1 aromatic heterocycles. The van der Waals surface area contributed by atoms with Crippen LogP contribution >= 0.6 is 0 Å². The average molecular weight is 532 g/mol. The third kappa shape index (κ3) is 5.41. The van der Waals surface area contributed by atoms with Crippen LogP contribution in [0.4, 0.5) is 22.0 Å². The molecule has 2 N–H and O–H groups in total. The van der Waals surface area contributed by atoms with Gasteiger partial charge in [-0.3, -0.25) is 14.9 Å². The first kappa shape index (κ1) is 25.9. The lowest BCUT2D eigenvalue weighted by atomic mass is 9.97. The summed E-state index contributed by atoms with van der Waals surface area (Å²) in [6.07, 6.45) is -0.408. The average Bonchev–Trinajstić information content (AvgIpc) is 3.50. The molecule has 38 heavy (non-hydrogen) atoms. The Morgan fingerprint density at radius 2 is 1.92 bits per heavy atom. The van der Waals surface area contributed by atoms with Crippen molar-refractivity contribution >= 4 is 11.7 Å². The molecule has 3 aromatic rings. The van der Waals surface area contributed by atoms with Crippen LogP contribution in [0.2, 0.25) is 0 Å². The molecule has 0 spiro atoms. The summed E-state index contributed by atoms with van der Waals surface area (Å²) in [4.78, 5) is 15.3. The minimum atomic E-state index is -4.70. The third-order valence-electron chi connectivity index (χ3n) is 6.94. The lowest BCUT2D eigenvalue weighted by Crippen LogP contribution is -2.30. The Morgan fingerprint density at radius 3 is 2.55 bits per heavy atom. The molecule has 0 radical (unpaired) electrons. The second-order valence-electron chi connectivity index (χ2n) is 9.92. The molecular formula is C27H26F5N5O. The number of hydrogen-bond acceptors (Lipinski definition) is 3. The smallest absolute Gasteiger partial charge is 0.356 e. The summed E-state index contributed by atoms with van der Waals surface area (Å²) >= 11 is 0. The van der Waals surface area contributed by atoms with Crippen LogP contribution in [-0.4, -0.2) is 33.0 Å². The normalized spacial score (nSPS) is 16.7. The summed E-state index contributed by atoms with van der Waals surface area (Å²) in [5.41, 5.74) is 0.0881. The van der Waals surface area contributed by atoms with Gasteiger partial charge in [-0.1, -0.05) is 6.07 Å². The maximum absolute atomic E-state index is 13.9. The Balaban J connectivity index is 1.52. The number of amidine groups is 1. The predicted octanol–water partition coefficient (Wildman–Crippen LogP) is 5.84. The van der Waals surface area contributed by atoms with E-state index in [1.165, 1.54) is 25.4 Å². The largest absolute Gasteiger partial charge is 0.435 e. The zero-order valence-electron chi connectivity index (χ0n) is 20.6. The quantitative estimate of drug-likeness (QED) is 0.377. The highest BCUT2D eigenvalue weighted by molar-refractivity contribution is 5.96. The van der Waals surface area contributed by atoms with Crippen molar-refractivity contribution < 1.29 is 26.7 Å². The maximum Gasteiger partial charge on any atom is 0.435 e. The first-order valence-electron chi connectivity index (χ1n) is 12.3. The zero-order valence-corrected chi connectivity index (χ0v) is 20.6. The summed E-state index contributed by atoms with van der Waals surface area (Å²) < 4.78 is 69.8. The van der Waals surface area contributed by atoms with Crippen LogP contribution in [-0.2, 0) is 19.8 Å². The SMILES string of the molecule is Cn1cc(-c2cc(CN3CCCC3=N)cc(C(=O)N[C@H](c3ccc(F)c(F)c3)C3CC3)c2)c(C(F)(F)F)n1.